The summed E-state index contributed by atoms with van der Waals surface area (Å²) in [5.41, 5.74) is 1.93. The van der Waals surface area contributed by atoms with Crippen LogP contribution in [0, 0.1) is 12.8 Å². The largest absolute Gasteiger partial charge is 0.339 e. The van der Waals surface area contributed by atoms with Gasteiger partial charge in [0.2, 0.25) is 0 Å². The average Bonchev–Trinajstić information content (AvgIpc) is 3.03. The summed E-state index contributed by atoms with van der Waals surface area (Å²) in [4.78, 5) is 14.7. The van der Waals surface area contributed by atoms with Gasteiger partial charge >= 0.3 is 0 Å². The lowest BCUT2D eigenvalue weighted by atomic mass is 9.88. The Morgan fingerprint density at radius 3 is 2.71 bits per heavy atom. The minimum atomic E-state index is 0.170. The number of carbonyl (C=O) groups excluding carboxylic acids is 1. The topological polar surface area (TPSA) is 32.3 Å². The van der Waals surface area contributed by atoms with Crippen molar-refractivity contribution in [1.82, 2.24) is 10.2 Å². The molecule has 1 unspecified atom stereocenters. The normalized spacial score (nSPS) is 23.5. The van der Waals surface area contributed by atoms with Gasteiger partial charge in [-0.05, 0) is 73.1 Å². The van der Waals surface area contributed by atoms with Gasteiger partial charge in [0.1, 0.15) is 0 Å². The van der Waals surface area contributed by atoms with E-state index in [0.29, 0.717) is 6.04 Å². The third-order valence-electron chi connectivity index (χ3n) is 4.85. The smallest absolute Gasteiger partial charge is 0.255 e. The van der Waals surface area contributed by atoms with Crippen molar-refractivity contribution in [3.63, 3.8) is 0 Å². The van der Waals surface area contributed by atoms with Gasteiger partial charge in [-0.25, -0.2) is 0 Å². The number of rotatable bonds is 2. The molecule has 2 saturated heterocycles. The number of hydrogen-bond donors (Lipinski definition) is 1. The highest BCUT2D eigenvalue weighted by atomic mass is 79.9. The van der Waals surface area contributed by atoms with Crippen molar-refractivity contribution in [1.29, 1.82) is 0 Å². The van der Waals surface area contributed by atoms with Crippen molar-refractivity contribution in [3.8, 4) is 0 Å². The van der Waals surface area contributed by atoms with Crippen LogP contribution in [-0.2, 0) is 0 Å². The number of piperidine rings is 1. The molecule has 3 nitrogen and oxygen atoms in total. The third kappa shape index (κ3) is 3.32. The van der Waals surface area contributed by atoms with E-state index in [0.717, 1.165) is 47.4 Å². The third-order valence-corrected chi connectivity index (χ3v) is 5.54. The zero-order valence-corrected chi connectivity index (χ0v) is 14.2. The molecule has 0 radical (unpaired) electrons. The van der Waals surface area contributed by atoms with E-state index in [1.807, 2.05) is 30.0 Å². The molecule has 2 heterocycles. The van der Waals surface area contributed by atoms with Crippen LogP contribution in [0.25, 0.3) is 0 Å². The van der Waals surface area contributed by atoms with E-state index in [1.165, 1.54) is 19.4 Å². The lowest BCUT2D eigenvalue weighted by Gasteiger charge is -2.35. The van der Waals surface area contributed by atoms with E-state index in [4.69, 9.17) is 0 Å². The van der Waals surface area contributed by atoms with Crippen molar-refractivity contribution in [2.45, 2.75) is 38.6 Å². The maximum atomic E-state index is 12.7. The quantitative estimate of drug-likeness (QED) is 0.886. The van der Waals surface area contributed by atoms with E-state index >= 15 is 0 Å². The van der Waals surface area contributed by atoms with Gasteiger partial charge in [-0.15, -0.1) is 0 Å². The van der Waals surface area contributed by atoms with Gasteiger partial charge in [0.15, 0.2) is 0 Å². The molecule has 0 aromatic heterocycles. The van der Waals surface area contributed by atoms with Crippen LogP contribution in [0.2, 0.25) is 0 Å². The number of aryl methyl sites for hydroxylation is 1. The summed E-state index contributed by atoms with van der Waals surface area (Å²) in [7, 11) is 0. The van der Waals surface area contributed by atoms with Gasteiger partial charge < -0.3 is 10.2 Å². The maximum Gasteiger partial charge on any atom is 0.255 e. The van der Waals surface area contributed by atoms with Gasteiger partial charge in [-0.2, -0.15) is 0 Å². The van der Waals surface area contributed by atoms with Crippen molar-refractivity contribution in [3.05, 3.63) is 33.8 Å². The Balaban J connectivity index is 1.63. The van der Waals surface area contributed by atoms with Gasteiger partial charge in [-0.1, -0.05) is 11.6 Å². The van der Waals surface area contributed by atoms with Gasteiger partial charge in [-0.3, -0.25) is 4.79 Å². The fourth-order valence-corrected chi connectivity index (χ4v) is 4.01. The Bertz CT molecular complexity index is 518. The summed E-state index contributed by atoms with van der Waals surface area (Å²) in [5, 5.41) is 3.61. The summed E-state index contributed by atoms with van der Waals surface area (Å²) in [6, 6.07) is 6.67. The fourth-order valence-electron chi connectivity index (χ4n) is 3.59. The number of benzene rings is 1. The molecule has 2 aliphatic heterocycles. The summed E-state index contributed by atoms with van der Waals surface area (Å²) >= 11 is 3.51. The van der Waals surface area contributed by atoms with Crippen LogP contribution in [0.3, 0.4) is 0 Å². The zero-order chi connectivity index (χ0) is 14.8. The molecule has 4 heteroatoms. The molecule has 114 valence electrons. The number of amides is 1. The number of carbonyl (C=O) groups is 1. The minimum absolute atomic E-state index is 0.170. The number of halogens is 1. The molecule has 1 N–H and O–H groups in total. The maximum absolute atomic E-state index is 12.7. The highest BCUT2D eigenvalue weighted by Gasteiger charge is 2.30. The molecule has 0 aliphatic carbocycles. The first-order valence-electron chi connectivity index (χ1n) is 7.94. The Morgan fingerprint density at radius 2 is 2.05 bits per heavy atom. The first kappa shape index (κ1) is 15.0. The van der Waals surface area contributed by atoms with E-state index in [1.54, 1.807) is 0 Å². The summed E-state index contributed by atoms with van der Waals surface area (Å²) < 4.78 is 0.901. The van der Waals surface area contributed by atoms with Crippen molar-refractivity contribution in [2.75, 3.05) is 19.6 Å². The van der Waals surface area contributed by atoms with Gasteiger partial charge in [0.05, 0.1) is 5.56 Å². The Hall–Kier alpha value is -0.870. The second-order valence-electron chi connectivity index (χ2n) is 6.32. The van der Waals surface area contributed by atoms with E-state index in [9.17, 15) is 4.79 Å². The van der Waals surface area contributed by atoms with Crippen molar-refractivity contribution in [2.24, 2.45) is 5.92 Å². The van der Waals surface area contributed by atoms with Crippen LogP contribution in [-0.4, -0.2) is 36.5 Å². The predicted molar refractivity (Wildman–Crippen MR) is 88.5 cm³/mol. The highest BCUT2D eigenvalue weighted by Crippen LogP contribution is 2.27. The summed E-state index contributed by atoms with van der Waals surface area (Å²) in [6.07, 6.45) is 4.88. The first-order chi connectivity index (χ1) is 10.1. The van der Waals surface area contributed by atoms with Crippen LogP contribution in [0.5, 0.6) is 0 Å². The van der Waals surface area contributed by atoms with Crippen LogP contribution in [0.4, 0.5) is 0 Å². The summed E-state index contributed by atoms with van der Waals surface area (Å²) in [6.45, 7) is 4.98. The Labute approximate surface area is 135 Å². The highest BCUT2D eigenvalue weighted by molar-refractivity contribution is 9.10. The number of hydrogen-bond acceptors (Lipinski definition) is 2. The number of likely N-dealkylation sites (tertiary alicyclic amines) is 1. The molecule has 1 aromatic carbocycles. The Morgan fingerprint density at radius 1 is 1.29 bits per heavy atom. The van der Waals surface area contributed by atoms with Crippen molar-refractivity contribution >= 4 is 21.8 Å². The molecule has 0 spiro atoms. The monoisotopic (exact) mass is 350 g/mol. The molecule has 1 amide bonds. The molecule has 0 bridgehead atoms. The lowest BCUT2D eigenvalue weighted by molar-refractivity contribution is 0.0673. The van der Waals surface area contributed by atoms with Gasteiger partial charge in [0, 0.05) is 23.6 Å². The van der Waals surface area contributed by atoms with Crippen LogP contribution >= 0.6 is 15.9 Å². The molecule has 2 fully saturated rings. The predicted octanol–water partition coefficient (Wildman–Crippen LogP) is 3.36. The molecule has 21 heavy (non-hydrogen) atoms. The SMILES string of the molecule is Cc1ccc(Br)c(C(=O)N2CCC(C3CCCN3)CC2)c1. The van der Waals surface area contributed by atoms with E-state index in [-0.39, 0.29) is 5.91 Å². The Kier molecular flexibility index (Phi) is 4.65. The second-order valence-corrected chi connectivity index (χ2v) is 7.17. The molecule has 1 aromatic rings. The average molecular weight is 351 g/mol. The fraction of sp³-hybridized carbons (Fsp3) is 0.588. The molecule has 1 atom stereocenters. The summed E-state index contributed by atoms with van der Waals surface area (Å²) in [5.74, 6) is 0.918. The van der Waals surface area contributed by atoms with Gasteiger partial charge in [0.25, 0.3) is 5.91 Å². The molecule has 2 aliphatic rings. The standard InChI is InChI=1S/C17H23BrN2O/c1-12-4-5-15(18)14(11-12)17(21)20-9-6-13(7-10-20)16-3-2-8-19-16/h4-5,11,13,16,19H,2-3,6-10H2,1H3. The number of nitrogens with one attached hydrogen (secondary N) is 1. The second kappa shape index (κ2) is 6.49. The zero-order valence-electron chi connectivity index (χ0n) is 12.6. The van der Waals surface area contributed by atoms with E-state index in [2.05, 4.69) is 21.2 Å². The lowest BCUT2D eigenvalue weighted by Crippen LogP contribution is -2.43. The van der Waals surface area contributed by atoms with E-state index < -0.39 is 0 Å². The molecule has 0 saturated carbocycles. The van der Waals surface area contributed by atoms with Crippen LogP contribution in [0.15, 0.2) is 22.7 Å². The van der Waals surface area contributed by atoms with Crippen LogP contribution in [0.1, 0.15) is 41.6 Å². The first-order valence-corrected chi connectivity index (χ1v) is 8.73. The molecule has 3 rings (SSSR count). The minimum Gasteiger partial charge on any atom is -0.339 e. The molecular formula is C17H23BrN2O. The van der Waals surface area contributed by atoms with Crippen molar-refractivity contribution < 1.29 is 4.79 Å². The number of nitrogens with zero attached hydrogens (tertiary/aromatic N) is 1. The van der Waals surface area contributed by atoms with Crippen LogP contribution < -0.4 is 5.32 Å². The molecular weight excluding hydrogens is 328 g/mol.